The molecule has 0 aliphatic rings. The molecule has 0 aliphatic carbocycles. The van der Waals surface area contributed by atoms with E-state index in [4.69, 9.17) is 4.74 Å². The first-order valence-electron chi connectivity index (χ1n) is 6.82. The number of benzene rings is 1. The fraction of sp³-hybridized carbons (Fsp3) is 0.533. The van der Waals surface area contributed by atoms with Crippen molar-refractivity contribution in [1.29, 1.82) is 0 Å². The van der Waals surface area contributed by atoms with Crippen LogP contribution in [0, 0.1) is 0 Å². The Morgan fingerprint density at radius 2 is 1.70 bits per heavy atom. The van der Waals surface area contributed by atoms with Crippen LogP contribution in [0.1, 0.15) is 36.5 Å². The number of hydrogen-bond acceptors (Lipinski definition) is 5. The Bertz CT molecular complexity index is 393. The molecular formula is C15H22O5. The smallest absolute Gasteiger partial charge is 0.338 e. The average molecular weight is 282 g/mol. The average Bonchev–Trinajstić information content (AvgIpc) is 2.47. The van der Waals surface area contributed by atoms with Crippen molar-refractivity contribution in [3.05, 3.63) is 35.9 Å². The summed E-state index contributed by atoms with van der Waals surface area (Å²) in [6.07, 6.45) is -2.07. The van der Waals surface area contributed by atoms with Gasteiger partial charge >= 0.3 is 5.97 Å². The van der Waals surface area contributed by atoms with Gasteiger partial charge in [-0.05, 0) is 18.6 Å². The molecule has 0 bridgehead atoms. The normalized spacial score (nSPS) is 15.4. The molecule has 3 atom stereocenters. The van der Waals surface area contributed by atoms with E-state index in [9.17, 15) is 20.1 Å². The summed E-state index contributed by atoms with van der Waals surface area (Å²) in [6.45, 7) is 1.87. The number of hydrogen-bond donors (Lipinski definition) is 3. The lowest BCUT2D eigenvalue weighted by molar-refractivity contribution is -0.0689. The van der Waals surface area contributed by atoms with Crippen LogP contribution in [0.3, 0.4) is 0 Å². The third-order valence-electron chi connectivity index (χ3n) is 3.03. The van der Waals surface area contributed by atoms with Crippen LogP contribution in [-0.2, 0) is 4.74 Å². The summed E-state index contributed by atoms with van der Waals surface area (Å²) in [4.78, 5) is 11.6. The minimum absolute atomic E-state index is 0.00913. The SMILES string of the molecule is CCCC(O)C(O)C(O)CCOC(=O)c1ccccc1. The molecule has 5 nitrogen and oxygen atoms in total. The van der Waals surface area contributed by atoms with Crippen molar-refractivity contribution in [1.82, 2.24) is 0 Å². The lowest BCUT2D eigenvalue weighted by Crippen LogP contribution is -2.38. The van der Waals surface area contributed by atoms with Crippen LogP contribution in [0.2, 0.25) is 0 Å². The lowest BCUT2D eigenvalue weighted by Gasteiger charge is -2.22. The molecule has 3 unspecified atom stereocenters. The number of esters is 1. The zero-order chi connectivity index (χ0) is 15.0. The third-order valence-corrected chi connectivity index (χ3v) is 3.03. The molecule has 0 saturated heterocycles. The summed E-state index contributed by atoms with van der Waals surface area (Å²) < 4.78 is 5.00. The Morgan fingerprint density at radius 3 is 2.30 bits per heavy atom. The molecule has 0 radical (unpaired) electrons. The second-order valence-corrected chi connectivity index (χ2v) is 4.70. The molecule has 1 aromatic carbocycles. The largest absolute Gasteiger partial charge is 0.462 e. The van der Waals surface area contributed by atoms with E-state index >= 15 is 0 Å². The fourth-order valence-corrected chi connectivity index (χ4v) is 1.82. The molecule has 1 aromatic rings. The molecule has 0 heterocycles. The van der Waals surface area contributed by atoms with E-state index in [1.807, 2.05) is 6.92 Å². The van der Waals surface area contributed by atoms with Gasteiger partial charge in [-0.15, -0.1) is 0 Å². The molecule has 0 aliphatic heterocycles. The Morgan fingerprint density at radius 1 is 1.10 bits per heavy atom. The van der Waals surface area contributed by atoms with Gasteiger partial charge in [0.2, 0.25) is 0 Å². The molecular weight excluding hydrogens is 260 g/mol. The van der Waals surface area contributed by atoms with Gasteiger partial charge < -0.3 is 20.1 Å². The van der Waals surface area contributed by atoms with Crippen LogP contribution in [0.5, 0.6) is 0 Å². The topological polar surface area (TPSA) is 87.0 Å². The summed E-state index contributed by atoms with van der Waals surface area (Å²) in [5.41, 5.74) is 0.438. The second-order valence-electron chi connectivity index (χ2n) is 4.70. The van der Waals surface area contributed by atoms with Gasteiger partial charge in [0.1, 0.15) is 6.10 Å². The number of rotatable bonds is 8. The van der Waals surface area contributed by atoms with Gasteiger partial charge in [0.25, 0.3) is 0 Å². The maximum Gasteiger partial charge on any atom is 0.338 e. The first-order valence-corrected chi connectivity index (χ1v) is 6.82. The number of ether oxygens (including phenoxy) is 1. The van der Waals surface area contributed by atoms with E-state index in [1.54, 1.807) is 30.3 Å². The Kier molecular flexibility index (Phi) is 7.22. The van der Waals surface area contributed by atoms with Crippen molar-refractivity contribution >= 4 is 5.97 Å². The molecule has 1 rings (SSSR count). The van der Waals surface area contributed by atoms with Gasteiger partial charge in [-0.2, -0.15) is 0 Å². The first kappa shape index (κ1) is 16.6. The summed E-state index contributed by atoms with van der Waals surface area (Å²) in [5.74, 6) is -0.471. The fourth-order valence-electron chi connectivity index (χ4n) is 1.82. The Hall–Kier alpha value is -1.43. The molecule has 3 N–H and O–H groups in total. The standard InChI is InChI=1S/C15H22O5/c1-2-6-12(16)14(18)13(17)9-10-20-15(19)11-7-4-3-5-8-11/h3-5,7-8,12-14,16-18H,2,6,9-10H2,1H3. The van der Waals surface area contributed by atoms with Crippen molar-refractivity contribution in [2.24, 2.45) is 0 Å². The van der Waals surface area contributed by atoms with Crippen molar-refractivity contribution < 1.29 is 24.9 Å². The number of aliphatic hydroxyl groups is 3. The predicted octanol–water partition coefficient (Wildman–Crippen LogP) is 1.12. The highest BCUT2D eigenvalue weighted by Crippen LogP contribution is 2.10. The molecule has 0 saturated carbocycles. The zero-order valence-corrected chi connectivity index (χ0v) is 11.6. The van der Waals surface area contributed by atoms with Crippen molar-refractivity contribution in [2.45, 2.75) is 44.5 Å². The summed E-state index contributed by atoms with van der Waals surface area (Å²) in [6, 6.07) is 8.54. The van der Waals surface area contributed by atoms with E-state index in [2.05, 4.69) is 0 Å². The van der Waals surface area contributed by atoms with Crippen LogP contribution >= 0.6 is 0 Å². The maximum absolute atomic E-state index is 11.6. The first-order chi connectivity index (χ1) is 9.56. The number of carbonyl (C=O) groups is 1. The van der Waals surface area contributed by atoms with E-state index < -0.39 is 24.3 Å². The van der Waals surface area contributed by atoms with Gasteiger partial charge in [0.05, 0.1) is 24.4 Å². The number of carbonyl (C=O) groups excluding carboxylic acids is 1. The van der Waals surface area contributed by atoms with Crippen LogP contribution < -0.4 is 0 Å². The highest BCUT2D eigenvalue weighted by atomic mass is 16.5. The highest BCUT2D eigenvalue weighted by molar-refractivity contribution is 5.89. The quantitative estimate of drug-likeness (QED) is 0.622. The van der Waals surface area contributed by atoms with E-state index in [0.29, 0.717) is 18.4 Å². The van der Waals surface area contributed by atoms with Gasteiger partial charge in [-0.25, -0.2) is 4.79 Å². The monoisotopic (exact) mass is 282 g/mol. The van der Waals surface area contributed by atoms with Crippen molar-refractivity contribution in [3.8, 4) is 0 Å². The molecule has 0 aromatic heterocycles. The van der Waals surface area contributed by atoms with Gasteiger partial charge in [0, 0.05) is 6.42 Å². The minimum atomic E-state index is -1.22. The predicted molar refractivity (Wildman–Crippen MR) is 74.3 cm³/mol. The van der Waals surface area contributed by atoms with E-state index in [1.165, 1.54) is 0 Å². The second kappa shape index (κ2) is 8.68. The third kappa shape index (κ3) is 5.28. The molecule has 0 fully saturated rings. The molecule has 5 heteroatoms. The van der Waals surface area contributed by atoms with Crippen molar-refractivity contribution in [3.63, 3.8) is 0 Å². The summed E-state index contributed by atoms with van der Waals surface area (Å²) in [7, 11) is 0. The van der Waals surface area contributed by atoms with E-state index in [0.717, 1.165) is 0 Å². The molecule has 0 amide bonds. The highest BCUT2D eigenvalue weighted by Gasteiger charge is 2.24. The summed E-state index contributed by atoms with van der Waals surface area (Å²) >= 11 is 0. The maximum atomic E-state index is 11.6. The van der Waals surface area contributed by atoms with E-state index in [-0.39, 0.29) is 13.0 Å². The lowest BCUT2D eigenvalue weighted by atomic mass is 10.0. The van der Waals surface area contributed by atoms with Crippen LogP contribution in [0.15, 0.2) is 30.3 Å². The Labute approximate surface area is 118 Å². The minimum Gasteiger partial charge on any atom is -0.462 e. The zero-order valence-electron chi connectivity index (χ0n) is 11.6. The number of aliphatic hydroxyl groups excluding tert-OH is 3. The Balaban J connectivity index is 2.31. The molecule has 112 valence electrons. The van der Waals surface area contributed by atoms with Crippen LogP contribution in [-0.4, -0.2) is 46.2 Å². The van der Waals surface area contributed by atoms with Gasteiger partial charge in [-0.3, -0.25) is 0 Å². The van der Waals surface area contributed by atoms with Gasteiger partial charge in [-0.1, -0.05) is 31.5 Å². The van der Waals surface area contributed by atoms with Gasteiger partial charge in [0.15, 0.2) is 0 Å². The van der Waals surface area contributed by atoms with Crippen LogP contribution in [0.4, 0.5) is 0 Å². The molecule has 20 heavy (non-hydrogen) atoms. The van der Waals surface area contributed by atoms with Crippen molar-refractivity contribution in [2.75, 3.05) is 6.61 Å². The molecule has 0 spiro atoms. The summed E-state index contributed by atoms with van der Waals surface area (Å²) in [5, 5.41) is 28.9. The van der Waals surface area contributed by atoms with Crippen LogP contribution in [0.25, 0.3) is 0 Å².